The Morgan fingerprint density at radius 2 is 1.92 bits per heavy atom. The molecule has 26 heavy (non-hydrogen) atoms. The lowest BCUT2D eigenvalue weighted by molar-refractivity contribution is -0.135. The highest BCUT2D eigenvalue weighted by molar-refractivity contribution is 5.95. The molecule has 0 aliphatic carbocycles. The third-order valence-electron chi connectivity index (χ3n) is 4.92. The van der Waals surface area contributed by atoms with Gasteiger partial charge in [0.15, 0.2) is 0 Å². The second kappa shape index (κ2) is 7.68. The molecule has 2 aliphatic heterocycles. The molecule has 142 valence electrons. The molecule has 2 saturated heterocycles. The number of amides is 2. The van der Waals surface area contributed by atoms with Gasteiger partial charge in [-0.3, -0.25) is 19.8 Å². The van der Waals surface area contributed by atoms with Crippen molar-refractivity contribution >= 4 is 17.5 Å². The van der Waals surface area contributed by atoms with Crippen molar-refractivity contribution in [3.63, 3.8) is 0 Å². The van der Waals surface area contributed by atoms with Gasteiger partial charge in [-0.25, -0.2) is 0 Å². The van der Waals surface area contributed by atoms with Gasteiger partial charge in [-0.1, -0.05) is 18.2 Å². The van der Waals surface area contributed by atoms with Crippen molar-refractivity contribution in [1.82, 2.24) is 15.5 Å². The standard InChI is InChI=1S/C17H24N4O5/c1-9(23)18-13-15(25)14(24)12(8-22)21-7-11(20-16(13)21)17(26)19-10-5-3-2-4-6-10/h2-6,11-16,20,22,24-25H,7-8H2,1H3,(H,18,23)(H,19,26)/t11?,12-,13-,14-,15-,16?/m1/s1. The largest absolute Gasteiger partial charge is 0.395 e. The number of nitrogens with zero attached hydrogens (tertiary/aromatic N) is 1. The van der Waals surface area contributed by atoms with E-state index in [0.717, 1.165) is 0 Å². The van der Waals surface area contributed by atoms with E-state index < -0.39 is 36.5 Å². The van der Waals surface area contributed by atoms with Crippen molar-refractivity contribution in [2.75, 3.05) is 18.5 Å². The van der Waals surface area contributed by atoms with Gasteiger partial charge in [-0.2, -0.15) is 0 Å². The molecule has 0 radical (unpaired) electrons. The molecular formula is C17H24N4O5. The second-order valence-corrected chi connectivity index (χ2v) is 6.67. The maximum absolute atomic E-state index is 12.6. The SMILES string of the molecule is CC(=O)N[C@H]1C2NC(C(=O)Nc3ccccc3)CN2[C@H](CO)[C@@H](O)[C@@H]1O. The van der Waals surface area contributed by atoms with Crippen LogP contribution in [-0.4, -0.2) is 81.7 Å². The summed E-state index contributed by atoms with van der Waals surface area (Å²) >= 11 is 0. The van der Waals surface area contributed by atoms with E-state index in [2.05, 4.69) is 16.0 Å². The van der Waals surface area contributed by atoms with Crippen molar-refractivity contribution in [2.24, 2.45) is 0 Å². The number of carbonyl (C=O) groups excluding carboxylic acids is 2. The van der Waals surface area contributed by atoms with Gasteiger partial charge in [0.2, 0.25) is 11.8 Å². The van der Waals surface area contributed by atoms with Gasteiger partial charge >= 0.3 is 0 Å². The molecule has 9 nitrogen and oxygen atoms in total. The Hall–Kier alpha value is -2.04. The minimum atomic E-state index is -1.26. The molecule has 2 fully saturated rings. The molecule has 0 spiro atoms. The predicted octanol–water partition coefficient (Wildman–Crippen LogP) is -2.17. The molecule has 9 heteroatoms. The molecule has 2 aliphatic rings. The van der Waals surface area contributed by atoms with Gasteiger partial charge in [0.05, 0.1) is 31.0 Å². The Bertz CT molecular complexity index is 658. The quantitative estimate of drug-likeness (QED) is 0.358. The number of anilines is 1. The van der Waals surface area contributed by atoms with Crippen LogP contribution in [0.15, 0.2) is 30.3 Å². The summed E-state index contributed by atoms with van der Waals surface area (Å²) in [6.07, 6.45) is -3.09. The van der Waals surface area contributed by atoms with Gasteiger partial charge in [-0.05, 0) is 12.1 Å². The van der Waals surface area contributed by atoms with Crippen molar-refractivity contribution < 1.29 is 24.9 Å². The van der Waals surface area contributed by atoms with Crippen LogP contribution in [0.25, 0.3) is 0 Å². The van der Waals surface area contributed by atoms with Crippen LogP contribution in [0.4, 0.5) is 5.69 Å². The van der Waals surface area contributed by atoms with Crippen LogP contribution < -0.4 is 16.0 Å². The maximum Gasteiger partial charge on any atom is 0.242 e. The van der Waals surface area contributed by atoms with E-state index in [4.69, 9.17) is 0 Å². The van der Waals surface area contributed by atoms with Crippen LogP contribution >= 0.6 is 0 Å². The van der Waals surface area contributed by atoms with Gasteiger partial charge in [0.1, 0.15) is 12.1 Å². The summed E-state index contributed by atoms with van der Waals surface area (Å²) in [6, 6.07) is 6.83. The summed E-state index contributed by atoms with van der Waals surface area (Å²) in [4.78, 5) is 25.8. The molecule has 6 N–H and O–H groups in total. The Kier molecular flexibility index (Phi) is 5.54. The minimum absolute atomic E-state index is 0.231. The van der Waals surface area contributed by atoms with Crippen LogP contribution in [-0.2, 0) is 9.59 Å². The fraction of sp³-hybridized carbons (Fsp3) is 0.529. The number of hydrogen-bond donors (Lipinski definition) is 6. The van der Waals surface area contributed by atoms with E-state index in [0.29, 0.717) is 5.69 Å². The fourth-order valence-corrected chi connectivity index (χ4v) is 3.67. The number of benzene rings is 1. The highest BCUT2D eigenvalue weighted by atomic mass is 16.3. The van der Waals surface area contributed by atoms with Crippen LogP contribution in [0.2, 0.25) is 0 Å². The van der Waals surface area contributed by atoms with Gasteiger partial charge < -0.3 is 26.0 Å². The smallest absolute Gasteiger partial charge is 0.242 e. The molecule has 2 amide bonds. The first-order chi connectivity index (χ1) is 12.4. The molecule has 0 saturated carbocycles. The fourth-order valence-electron chi connectivity index (χ4n) is 3.67. The number of aliphatic hydroxyl groups excluding tert-OH is 3. The number of rotatable bonds is 4. The van der Waals surface area contributed by atoms with Gasteiger partial charge in [-0.15, -0.1) is 0 Å². The number of aliphatic hydroxyl groups is 3. The number of hydrogen-bond acceptors (Lipinski definition) is 7. The first kappa shape index (κ1) is 18.7. The summed E-state index contributed by atoms with van der Waals surface area (Å²) < 4.78 is 0. The van der Waals surface area contributed by atoms with E-state index in [-0.39, 0.29) is 25.0 Å². The number of piperidine rings is 1. The topological polar surface area (TPSA) is 134 Å². The number of fused-ring (bicyclic) bond motifs is 1. The summed E-state index contributed by atoms with van der Waals surface area (Å²) in [7, 11) is 0. The Balaban J connectivity index is 1.77. The van der Waals surface area contributed by atoms with Crippen molar-refractivity contribution in [3.8, 4) is 0 Å². The van der Waals surface area contributed by atoms with Crippen LogP contribution in [0, 0.1) is 0 Å². The van der Waals surface area contributed by atoms with Crippen molar-refractivity contribution in [3.05, 3.63) is 30.3 Å². The van der Waals surface area contributed by atoms with E-state index in [1.807, 2.05) is 18.2 Å². The molecule has 2 heterocycles. The molecule has 1 aromatic carbocycles. The average molecular weight is 364 g/mol. The number of para-hydroxylation sites is 1. The first-order valence-electron chi connectivity index (χ1n) is 8.54. The first-order valence-corrected chi connectivity index (χ1v) is 8.54. The summed E-state index contributed by atoms with van der Waals surface area (Å²) in [6.45, 7) is 1.17. The average Bonchev–Trinajstić information content (AvgIpc) is 3.05. The summed E-state index contributed by atoms with van der Waals surface area (Å²) in [5.74, 6) is -0.629. The lowest BCUT2D eigenvalue weighted by atomic mass is 9.90. The molecule has 0 bridgehead atoms. The zero-order valence-corrected chi connectivity index (χ0v) is 14.4. The zero-order valence-electron chi connectivity index (χ0n) is 14.4. The monoisotopic (exact) mass is 364 g/mol. The second-order valence-electron chi connectivity index (χ2n) is 6.67. The number of carbonyl (C=O) groups is 2. The number of nitrogens with one attached hydrogen (secondary N) is 3. The Labute approximate surface area is 151 Å². The minimum Gasteiger partial charge on any atom is -0.395 e. The Morgan fingerprint density at radius 3 is 2.54 bits per heavy atom. The zero-order chi connectivity index (χ0) is 18.8. The molecule has 2 unspecified atom stereocenters. The molecule has 1 aromatic rings. The van der Waals surface area contributed by atoms with E-state index >= 15 is 0 Å². The molecule has 6 atom stereocenters. The summed E-state index contributed by atoms with van der Waals surface area (Å²) in [5, 5.41) is 38.8. The third kappa shape index (κ3) is 3.57. The maximum atomic E-state index is 12.6. The van der Waals surface area contributed by atoms with Crippen LogP contribution in [0.3, 0.4) is 0 Å². The van der Waals surface area contributed by atoms with E-state index in [1.165, 1.54) is 6.92 Å². The molecular weight excluding hydrogens is 340 g/mol. The Morgan fingerprint density at radius 1 is 1.23 bits per heavy atom. The third-order valence-corrected chi connectivity index (χ3v) is 4.92. The van der Waals surface area contributed by atoms with Crippen molar-refractivity contribution in [1.29, 1.82) is 0 Å². The van der Waals surface area contributed by atoms with Crippen LogP contribution in [0.5, 0.6) is 0 Å². The van der Waals surface area contributed by atoms with Gasteiger partial charge in [0, 0.05) is 19.2 Å². The molecule has 3 rings (SSSR count). The van der Waals surface area contributed by atoms with Crippen molar-refractivity contribution in [2.45, 2.75) is 43.4 Å². The predicted molar refractivity (Wildman–Crippen MR) is 93.0 cm³/mol. The normalized spacial score (nSPS) is 34.2. The van der Waals surface area contributed by atoms with E-state index in [9.17, 15) is 24.9 Å². The molecule has 0 aromatic heterocycles. The van der Waals surface area contributed by atoms with E-state index in [1.54, 1.807) is 17.0 Å². The summed E-state index contributed by atoms with van der Waals surface area (Å²) in [5.41, 5.74) is 0.654. The lowest BCUT2D eigenvalue weighted by Crippen LogP contribution is -2.71. The van der Waals surface area contributed by atoms with Gasteiger partial charge in [0.25, 0.3) is 0 Å². The lowest BCUT2D eigenvalue weighted by Gasteiger charge is -2.47. The highest BCUT2D eigenvalue weighted by Crippen LogP contribution is 2.28. The highest BCUT2D eigenvalue weighted by Gasteiger charge is 2.53. The van der Waals surface area contributed by atoms with Crippen LogP contribution in [0.1, 0.15) is 6.92 Å².